The first kappa shape index (κ1) is 17.9. The molecule has 27 heavy (non-hydrogen) atoms. The molecule has 1 fully saturated rings. The molecule has 2 heterocycles. The number of nitrogens with one attached hydrogen (secondary N) is 1. The van der Waals surface area contributed by atoms with Crippen LogP contribution in [0.25, 0.3) is 0 Å². The Hall–Kier alpha value is -2.49. The zero-order valence-electron chi connectivity index (χ0n) is 16.2. The van der Waals surface area contributed by atoms with Crippen LogP contribution in [0.15, 0.2) is 48.5 Å². The Morgan fingerprint density at radius 1 is 1.04 bits per heavy atom. The predicted octanol–water partition coefficient (Wildman–Crippen LogP) is 4.46. The summed E-state index contributed by atoms with van der Waals surface area (Å²) in [4.78, 5) is 17.2. The molecule has 2 aromatic rings. The first-order valence-corrected chi connectivity index (χ1v) is 10.2. The average molecular weight is 364 g/mol. The van der Waals surface area contributed by atoms with Gasteiger partial charge < -0.3 is 15.1 Å². The van der Waals surface area contributed by atoms with Crippen molar-refractivity contribution in [3.05, 3.63) is 54.1 Å². The number of nitrogens with zero attached hydrogens (tertiary/aromatic N) is 2. The number of hydrogen-bond acceptors (Lipinski definition) is 3. The fourth-order valence-corrected chi connectivity index (χ4v) is 4.32. The van der Waals surface area contributed by atoms with Crippen LogP contribution in [0.3, 0.4) is 0 Å². The molecule has 1 amide bonds. The number of anilines is 3. The van der Waals surface area contributed by atoms with E-state index in [-0.39, 0.29) is 5.91 Å². The van der Waals surface area contributed by atoms with E-state index in [0.717, 1.165) is 31.7 Å². The summed E-state index contributed by atoms with van der Waals surface area (Å²) in [6, 6.07) is 17.3. The van der Waals surface area contributed by atoms with E-state index in [1.54, 1.807) is 0 Å². The van der Waals surface area contributed by atoms with Gasteiger partial charge in [0.1, 0.15) is 0 Å². The van der Waals surface area contributed by atoms with Crippen molar-refractivity contribution in [2.45, 2.75) is 45.1 Å². The van der Waals surface area contributed by atoms with Gasteiger partial charge in [-0.15, -0.1) is 0 Å². The Balaban J connectivity index is 1.31. The van der Waals surface area contributed by atoms with Gasteiger partial charge in [-0.2, -0.15) is 0 Å². The quantitative estimate of drug-likeness (QED) is 0.852. The van der Waals surface area contributed by atoms with Gasteiger partial charge in [-0.05, 0) is 68.5 Å². The fourth-order valence-electron chi connectivity index (χ4n) is 4.32. The highest BCUT2D eigenvalue weighted by Gasteiger charge is 2.25. The third-order valence-corrected chi connectivity index (χ3v) is 5.80. The molecule has 2 aromatic carbocycles. The third-order valence-electron chi connectivity index (χ3n) is 5.80. The van der Waals surface area contributed by atoms with E-state index in [1.165, 1.54) is 36.2 Å². The number of para-hydroxylation sites is 1. The second-order valence-corrected chi connectivity index (χ2v) is 7.77. The van der Waals surface area contributed by atoms with Gasteiger partial charge in [0.25, 0.3) is 0 Å². The fraction of sp³-hybridized carbons (Fsp3) is 0.435. The van der Waals surface area contributed by atoms with Crippen molar-refractivity contribution < 1.29 is 4.79 Å². The maximum absolute atomic E-state index is 12.4. The Labute approximate surface area is 162 Å². The van der Waals surface area contributed by atoms with Crippen LogP contribution in [-0.2, 0) is 11.2 Å². The molecule has 4 heteroatoms. The molecule has 4 rings (SSSR count). The van der Waals surface area contributed by atoms with Gasteiger partial charge in [-0.25, -0.2) is 0 Å². The van der Waals surface area contributed by atoms with Crippen molar-refractivity contribution in [3.8, 4) is 0 Å². The molecule has 1 N–H and O–H groups in total. The van der Waals surface area contributed by atoms with Crippen LogP contribution in [0, 0.1) is 0 Å². The van der Waals surface area contributed by atoms with Crippen LogP contribution in [0.2, 0.25) is 0 Å². The van der Waals surface area contributed by atoms with Crippen molar-refractivity contribution in [1.29, 1.82) is 0 Å². The molecule has 0 spiro atoms. The predicted molar refractivity (Wildman–Crippen MR) is 113 cm³/mol. The summed E-state index contributed by atoms with van der Waals surface area (Å²) in [6.07, 6.45) is 5.46. The molecule has 1 atom stereocenters. The Morgan fingerprint density at radius 3 is 2.56 bits per heavy atom. The summed E-state index contributed by atoms with van der Waals surface area (Å²) >= 11 is 0. The van der Waals surface area contributed by atoms with Crippen molar-refractivity contribution in [1.82, 2.24) is 0 Å². The second kappa shape index (κ2) is 8.03. The molecule has 142 valence electrons. The molecule has 0 radical (unpaired) electrons. The van der Waals surface area contributed by atoms with Gasteiger partial charge in [0.05, 0.1) is 0 Å². The first-order chi connectivity index (χ1) is 13.2. The van der Waals surface area contributed by atoms with Crippen LogP contribution in [0.5, 0.6) is 0 Å². The minimum absolute atomic E-state index is 0.0808. The molecule has 0 bridgehead atoms. The summed E-state index contributed by atoms with van der Waals surface area (Å²) in [6.45, 7) is 5.27. The minimum atomic E-state index is 0.0808. The minimum Gasteiger partial charge on any atom is -0.372 e. The topological polar surface area (TPSA) is 35.6 Å². The number of carbonyl (C=O) groups excluding carboxylic acids is 1. The van der Waals surface area contributed by atoms with Gasteiger partial charge in [0, 0.05) is 49.2 Å². The maximum Gasteiger partial charge on any atom is 0.226 e. The van der Waals surface area contributed by atoms with Gasteiger partial charge in [-0.3, -0.25) is 4.79 Å². The van der Waals surface area contributed by atoms with Crippen LogP contribution >= 0.6 is 0 Å². The normalized spacial score (nSPS) is 19.1. The van der Waals surface area contributed by atoms with Crippen molar-refractivity contribution in [2.75, 3.05) is 34.8 Å². The van der Waals surface area contributed by atoms with Crippen molar-refractivity contribution in [2.24, 2.45) is 0 Å². The lowest BCUT2D eigenvalue weighted by molar-refractivity contribution is -0.116. The molecule has 0 aliphatic carbocycles. The lowest BCUT2D eigenvalue weighted by atomic mass is 10.1. The average Bonchev–Trinajstić information content (AvgIpc) is 3.03. The van der Waals surface area contributed by atoms with Crippen LogP contribution < -0.4 is 15.1 Å². The Morgan fingerprint density at radius 2 is 1.78 bits per heavy atom. The van der Waals surface area contributed by atoms with E-state index >= 15 is 0 Å². The lowest BCUT2D eigenvalue weighted by Gasteiger charge is -2.28. The molecule has 2 aliphatic rings. The van der Waals surface area contributed by atoms with Gasteiger partial charge >= 0.3 is 0 Å². The molecular formula is C23H29N3O. The van der Waals surface area contributed by atoms with Gasteiger partial charge in [0.15, 0.2) is 0 Å². The Bertz CT molecular complexity index is 780. The summed E-state index contributed by atoms with van der Waals surface area (Å²) in [5.74, 6) is 0.0808. The standard InChI is InChI=1S/C23H29N3O/c1-18-17-19-7-3-4-8-22(19)26(18)16-13-23(27)24-20-9-11-21(12-10-20)25-14-5-2-6-15-25/h3-4,7-12,18H,2,5-6,13-17H2,1H3,(H,24,27). The zero-order chi connectivity index (χ0) is 18.6. The third kappa shape index (κ3) is 4.10. The van der Waals surface area contributed by atoms with Crippen LogP contribution in [-0.4, -0.2) is 31.6 Å². The SMILES string of the molecule is CC1Cc2ccccc2N1CCC(=O)Nc1ccc(N2CCCCC2)cc1. The number of benzene rings is 2. The van der Waals surface area contributed by atoms with E-state index in [2.05, 4.69) is 58.4 Å². The smallest absolute Gasteiger partial charge is 0.226 e. The molecule has 1 saturated heterocycles. The van der Waals surface area contributed by atoms with Crippen LogP contribution in [0.4, 0.5) is 17.1 Å². The number of hydrogen-bond donors (Lipinski definition) is 1. The van der Waals surface area contributed by atoms with E-state index in [9.17, 15) is 4.79 Å². The molecule has 1 unspecified atom stereocenters. The molecular weight excluding hydrogens is 334 g/mol. The van der Waals surface area contributed by atoms with Gasteiger partial charge in [-0.1, -0.05) is 18.2 Å². The number of rotatable bonds is 5. The summed E-state index contributed by atoms with van der Waals surface area (Å²) in [5.41, 5.74) is 4.81. The van der Waals surface area contributed by atoms with Crippen LogP contribution in [0.1, 0.15) is 38.2 Å². The monoisotopic (exact) mass is 363 g/mol. The molecule has 2 aliphatic heterocycles. The largest absolute Gasteiger partial charge is 0.372 e. The Kier molecular flexibility index (Phi) is 5.33. The van der Waals surface area contributed by atoms with E-state index in [4.69, 9.17) is 0 Å². The van der Waals surface area contributed by atoms with E-state index < -0.39 is 0 Å². The lowest BCUT2D eigenvalue weighted by Crippen LogP contribution is -2.32. The summed E-state index contributed by atoms with van der Waals surface area (Å²) in [5, 5.41) is 3.05. The van der Waals surface area contributed by atoms with E-state index in [0.29, 0.717) is 12.5 Å². The zero-order valence-corrected chi connectivity index (χ0v) is 16.2. The van der Waals surface area contributed by atoms with Crippen molar-refractivity contribution in [3.63, 3.8) is 0 Å². The first-order valence-electron chi connectivity index (χ1n) is 10.2. The highest BCUT2D eigenvalue weighted by molar-refractivity contribution is 5.91. The molecule has 4 nitrogen and oxygen atoms in total. The number of amides is 1. The van der Waals surface area contributed by atoms with E-state index in [1.807, 2.05) is 12.1 Å². The van der Waals surface area contributed by atoms with Gasteiger partial charge in [0.2, 0.25) is 5.91 Å². The maximum atomic E-state index is 12.4. The number of carbonyl (C=O) groups is 1. The van der Waals surface area contributed by atoms with Crippen molar-refractivity contribution >= 4 is 23.0 Å². The summed E-state index contributed by atoms with van der Waals surface area (Å²) < 4.78 is 0. The number of piperidine rings is 1. The molecule has 0 aromatic heterocycles. The second-order valence-electron chi connectivity index (χ2n) is 7.77. The molecule has 0 saturated carbocycles. The number of fused-ring (bicyclic) bond motifs is 1. The summed E-state index contributed by atoms with van der Waals surface area (Å²) in [7, 11) is 0. The highest BCUT2D eigenvalue weighted by atomic mass is 16.1. The highest BCUT2D eigenvalue weighted by Crippen LogP contribution is 2.31.